The normalized spacial score (nSPS) is 10.0. The molecule has 0 radical (unpaired) electrons. The van der Waals surface area contributed by atoms with E-state index in [2.05, 4.69) is 26.8 Å². The van der Waals surface area contributed by atoms with Crippen molar-refractivity contribution >= 4 is 39.3 Å². The lowest BCUT2D eigenvalue weighted by molar-refractivity contribution is -0.130. The number of carbonyl (C=O) groups is 2. The number of amides is 2. The Morgan fingerprint density at radius 1 is 1.29 bits per heavy atom. The first-order valence-corrected chi connectivity index (χ1v) is 7.43. The highest BCUT2D eigenvalue weighted by Crippen LogP contribution is 2.27. The van der Waals surface area contributed by atoms with Crippen LogP contribution in [0, 0.1) is 0 Å². The van der Waals surface area contributed by atoms with E-state index in [1.54, 1.807) is 18.2 Å². The molecule has 0 fully saturated rings. The zero-order chi connectivity index (χ0) is 15.7. The van der Waals surface area contributed by atoms with Crippen LogP contribution in [0.3, 0.4) is 0 Å². The summed E-state index contributed by atoms with van der Waals surface area (Å²) in [4.78, 5) is 22.8. The molecule has 1 rings (SSSR count). The number of rotatable bonds is 7. The SMILES string of the molecule is CCOCCC(=O)NNC(=O)COc1ccc(Br)cc1Cl. The fourth-order valence-electron chi connectivity index (χ4n) is 1.28. The van der Waals surface area contributed by atoms with Gasteiger partial charge in [0.15, 0.2) is 6.61 Å². The molecule has 8 heteroatoms. The van der Waals surface area contributed by atoms with E-state index in [9.17, 15) is 9.59 Å². The molecular formula is C13H16BrClN2O4. The number of benzene rings is 1. The van der Waals surface area contributed by atoms with Crippen molar-refractivity contribution in [2.75, 3.05) is 19.8 Å². The number of hydrazine groups is 1. The van der Waals surface area contributed by atoms with Crippen LogP contribution in [0.1, 0.15) is 13.3 Å². The Labute approximate surface area is 136 Å². The van der Waals surface area contributed by atoms with Crippen molar-refractivity contribution in [3.8, 4) is 5.75 Å². The van der Waals surface area contributed by atoms with E-state index >= 15 is 0 Å². The quantitative estimate of drug-likeness (QED) is 0.561. The van der Waals surface area contributed by atoms with Crippen LogP contribution in [-0.2, 0) is 14.3 Å². The van der Waals surface area contributed by atoms with Gasteiger partial charge in [0.2, 0.25) is 5.91 Å². The number of halogens is 2. The third-order valence-electron chi connectivity index (χ3n) is 2.27. The maximum absolute atomic E-state index is 11.5. The van der Waals surface area contributed by atoms with Crippen LogP contribution < -0.4 is 15.6 Å². The Bertz CT molecular complexity index is 499. The number of ether oxygens (including phenoxy) is 2. The summed E-state index contributed by atoms with van der Waals surface area (Å²) < 4.78 is 11.1. The van der Waals surface area contributed by atoms with Crippen LogP contribution in [0.15, 0.2) is 22.7 Å². The first-order chi connectivity index (χ1) is 10.0. The third-order valence-corrected chi connectivity index (χ3v) is 3.06. The summed E-state index contributed by atoms with van der Waals surface area (Å²) in [6, 6.07) is 5.04. The van der Waals surface area contributed by atoms with Gasteiger partial charge in [-0.15, -0.1) is 0 Å². The molecule has 0 saturated carbocycles. The van der Waals surface area contributed by atoms with E-state index in [-0.39, 0.29) is 18.9 Å². The highest BCUT2D eigenvalue weighted by Gasteiger charge is 2.07. The zero-order valence-electron chi connectivity index (χ0n) is 11.4. The van der Waals surface area contributed by atoms with E-state index in [1.165, 1.54) is 0 Å². The number of carbonyl (C=O) groups excluding carboxylic acids is 2. The van der Waals surface area contributed by atoms with Gasteiger partial charge in [-0.05, 0) is 25.1 Å². The Balaban J connectivity index is 2.26. The number of nitrogens with one attached hydrogen (secondary N) is 2. The largest absolute Gasteiger partial charge is 0.482 e. The van der Waals surface area contributed by atoms with E-state index in [0.29, 0.717) is 24.0 Å². The monoisotopic (exact) mass is 378 g/mol. The van der Waals surface area contributed by atoms with Gasteiger partial charge in [-0.1, -0.05) is 27.5 Å². The van der Waals surface area contributed by atoms with Gasteiger partial charge in [-0.3, -0.25) is 20.4 Å². The van der Waals surface area contributed by atoms with Gasteiger partial charge < -0.3 is 9.47 Å². The molecule has 0 aromatic heterocycles. The highest BCUT2D eigenvalue weighted by atomic mass is 79.9. The summed E-state index contributed by atoms with van der Waals surface area (Å²) >= 11 is 9.21. The summed E-state index contributed by atoms with van der Waals surface area (Å²) in [5.74, 6) is -0.435. The van der Waals surface area contributed by atoms with Gasteiger partial charge in [0.25, 0.3) is 5.91 Å². The molecule has 0 atom stereocenters. The minimum absolute atomic E-state index is 0.174. The first kappa shape index (κ1) is 17.7. The van der Waals surface area contributed by atoms with Gasteiger partial charge in [-0.2, -0.15) is 0 Å². The van der Waals surface area contributed by atoms with Crippen molar-refractivity contribution < 1.29 is 19.1 Å². The zero-order valence-corrected chi connectivity index (χ0v) is 13.8. The molecule has 0 aliphatic carbocycles. The number of hydrogen-bond donors (Lipinski definition) is 2. The summed E-state index contributed by atoms with van der Waals surface area (Å²) in [5, 5.41) is 0.387. The smallest absolute Gasteiger partial charge is 0.276 e. The van der Waals surface area contributed by atoms with Crippen LogP contribution in [0.25, 0.3) is 0 Å². The summed E-state index contributed by atoms with van der Waals surface area (Å²) in [7, 11) is 0. The predicted molar refractivity (Wildman–Crippen MR) is 82.0 cm³/mol. The fourth-order valence-corrected chi connectivity index (χ4v) is 2.01. The van der Waals surface area contributed by atoms with Crippen molar-refractivity contribution in [1.29, 1.82) is 0 Å². The summed E-state index contributed by atoms with van der Waals surface area (Å²) in [6.07, 6.45) is 0.174. The molecule has 0 unspecified atom stereocenters. The van der Waals surface area contributed by atoms with Gasteiger partial charge >= 0.3 is 0 Å². The first-order valence-electron chi connectivity index (χ1n) is 6.26. The third kappa shape index (κ3) is 7.31. The molecule has 0 heterocycles. The lowest BCUT2D eigenvalue weighted by Crippen LogP contribution is -2.44. The molecular weight excluding hydrogens is 364 g/mol. The standard InChI is InChI=1S/C13H16BrClN2O4/c1-2-20-6-5-12(18)16-17-13(19)8-21-11-4-3-9(14)7-10(11)15/h3-4,7H,2,5-6,8H2,1H3,(H,16,18)(H,17,19). The minimum Gasteiger partial charge on any atom is -0.482 e. The van der Waals surface area contributed by atoms with Crippen LogP contribution in [-0.4, -0.2) is 31.6 Å². The second-order valence-corrected chi connectivity index (χ2v) is 5.23. The van der Waals surface area contributed by atoms with Crippen molar-refractivity contribution in [1.82, 2.24) is 10.9 Å². The van der Waals surface area contributed by atoms with Crippen molar-refractivity contribution in [2.45, 2.75) is 13.3 Å². The minimum atomic E-state index is -0.487. The molecule has 0 saturated heterocycles. The average molecular weight is 380 g/mol. The van der Waals surface area contributed by atoms with E-state index < -0.39 is 5.91 Å². The summed E-state index contributed by atoms with van der Waals surface area (Å²) in [5.41, 5.74) is 4.50. The van der Waals surface area contributed by atoms with Crippen LogP contribution >= 0.6 is 27.5 Å². The molecule has 6 nitrogen and oxygen atoms in total. The molecule has 2 amide bonds. The Kier molecular flexibility index (Phi) is 8.11. The second-order valence-electron chi connectivity index (χ2n) is 3.91. The second kappa shape index (κ2) is 9.59. The van der Waals surface area contributed by atoms with Crippen LogP contribution in [0.5, 0.6) is 5.75 Å². The molecule has 21 heavy (non-hydrogen) atoms. The van der Waals surface area contributed by atoms with Crippen molar-refractivity contribution in [2.24, 2.45) is 0 Å². The lowest BCUT2D eigenvalue weighted by Gasteiger charge is -2.10. The van der Waals surface area contributed by atoms with Crippen LogP contribution in [0.4, 0.5) is 0 Å². The molecule has 0 bridgehead atoms. The summed E-state index contributed by atoms with van der Waals surface area (Å²) in [6.45, 7) is 2.43. The average Bonchev–Trinajstić information content (AvgIpc) is 2.44. The predicted octanol–water partition coefficient (Wildman–Crippen LogP) is 2.06. The van der Waals surface area contributed by atoms with Gasteiger partial charge in [0, 0.05) is 11.1 Å². The van der Waals surface area contributed by atoms with E-state index in [0.717, 1.165) is 4.47 Å². The molecule has 0 aliphatic heterocycles. The van der Waals surface area contributed by atoms with Gasteiger partial charge in [0.05, 0.1) is 18.1 Å². The fraction of sp³-hybridized carbons (Fsp3) is 0.385. The van der Waals surface area contributed by atoms with Gasteiger partial charge in [0.1, 0.15) is 5.75 Å². The molecule has 0 spiro atoms. The van der Waals surface area contributed by atoms with Crippen LogP contribution in [0.2, 0.25) is 5.02 Å². The number of hydrogen-bond acceptors (Lipinski definition) is 4. The van der Waals surface area contributed by atoms with E-state index in [4.69, 9.17) is 21.1 Å². The Morgan fingerprint density at radius 3 is 2.67 bits per heavy atom. The maximum atomic E-state index is 11.5. The molecule has 2 N–H and O–H groups in total. The van der Waals surface area contributed by atoms with Crippen molar-refractivity contribution in [3.63, 3.8) is 0 Å². The highest BCUT2D eigenvalue weighted by molar-refractivity contribution is 9.10. The van der Waals surface area contributed by atoms with Gasteiger partial charge in [-0.25, -0.2) is 0 Å². The molecule has 0 aliphatic rings. The molecule has 1 aromatic rings. The Hall–Kier alpha value is -1.31. The maximum Gasteiger partial charge on any atom is 0.276 e. The topological polar surface area (TPSA) is 76.7 Å². The molecule has 1 aromatic carbocycles. The van der Waals surface area contributed by atoms with E-state index in [1.807, 2.05) is 6.92 Å². The molecule has 116 valence electrons. The Morgan fingerprint density at radius 2 is 2.00 bits per heavy atom. The van der Waals surface area contributed by atoms with Crippen molar-refractivity contribution in [3.05, 3.63) is 27.7 Å². The lowest BCUT2D eigenvalue weighted by atomic mass is 10.3.